The van der Waals surface area contributed by atoms with Crippen LogP contribution in [-0.4, -0.2) is 46.5 Å². The predicted octanol–water partition coefficient (Wildman–Crippen LogP) is 6.83. The van der Waals surface area contributed by atoms with Crippen molar-refractivity contribution in [3.63, 3.8) is 0 Å². The van der Waals surface area contributed by atoms with E-state index in [2.05, 4.69) is 29.7 Å². The fraction of sp³-hybridized carbons (Fsp3) is 0.429. The number of hydrogen-bond acceptors (Lipinski definition) is 5. The van der Waals surface area contributed by atoms with Crippen LogP contribution in [0.2, 0.25) is 0 Å². The minimum absolute atomic E-state index is 0.115. The summed E-state index contributed by atoms with van der Waals surface area (Å²) in [4.78, 5) is 18.7. The molecular weight excluding hydrogens is 531 g/mol. The maximum atomic E-state index is 13.1. The van der Waals surface area contributed by atoms with E-state index in [9.17, 15) is 14.3 Å². The second kappa shape index (κ2) is 13.8. The van der Waals surface area contributed by atoms with Crippen LogP contribution >= 0.6 is 0 Å². The molecule has 1 aliphatic heterocycles. The number of aryl methyl sites for hydroxylation is 1. The van der Waals surface area contributed by atoms with Crippen molar-refractivity contribution in [2.24, 2.45) is 5.41 Å². The summed E-state index contributed by atoms with van der Waals surface area (Å²) in [6.45, 7) is 13.7. The zero-order valence-electron chi connectivity index (χ0n) is 25.6. The number of ether oxygens (including phenoxy) is 1. The van der Waals surface area contributed by atoms with E-state index >= 15 is 0 Å². The van der Waals surface area contributed by atoms with Crippen molar-refractivity contribution in [1.29, 1.82) is 0 Å². The van der Waals surface area contributed by atoms with Crippen LogP contribution < -0.4 is 9.64 Å². The van der Waals surface area contributed by atoms with E-state index in [4.69, 9.17) is 16.3 Å². The van der Waals surface area contributed by atoms with Gasteiger partial charge in [0.15, 0.2) is 0 Å². The Hall–Kier alpha value is -3.89. The van der Waals surface area contributed by atoms with Crippen LogP contribution in [0.4, 0.5) is 10.1 Å². The molecule has 0 saturated carbocycles. The highest BCUT2D eigenvalue weighted by Gasteiger charge is 2.30. The molecule has 4 rings (SSSR count). The monoisotopic (exact) mass is 574 g/mol. The summed E-state index contributed by atoms with van der Waals surface area (Å²) in [6, 6.07) is 14.1. The highest BCUT2D eigenvalue weighted by atomic mass is 19.1. The summed E-state index contributed by atoms with van der Waals surface area (Å²) < 4.78 is 19.0. The van der Waals surface area contributed by atoms with Crippen molar-refractivity contribution in [2.45, 2.75) is 72.8 Å². The normalized spacial score (nSPS) is 14.4. The number of aromatic nitrogens is 1. The van der Waals surface area contributed by atoms with Gasteiger partial charge in [-0.1, -0.05) is 38.1 Å². The third-order valence-corrected chi connectivity index (χ3v) is 7.09. The Morgan fingerprint density at radius 1 is 1.10 bits per heavy atom. The Morgan fingerprint density at radius 2 is 1.67 bits per heavy atom. The van der Waals surface area contributed by atoms with E-state index in [1.54, 1.807) is 32.9 Å². The molecule has 0 bridgehead atoms. The molecule has 1 aromatic heterocycles. The predicted molar refractivity (Wildman–Crippen MR) is 166 cm³/mol. The third kappa shape index (κ3) is 9.60. The van der Waals surface area contributed by atoms with E-state index < -0.39 is 11.6 Å². The Kier molecular flexibility index (Phi) is 10.8. The Labute approximate surface area is 249 Å². The molecule has 0 amide bonds. The number of halogens is 1. The topological polar surface area (TPSA) is 82.9 Å². The maximum absolute atomic E-state index is 13.1. The molecule has 224 valence electrons. The van der Waals surface area contributed by atoms with Gasteiger partial charge in [-0.25, -0.2) is 9.37 Å². The number of carboxylic acid groups (broad SMARTS) is 1. The number of pyridine rings is 1. The number of benzene rings is 2. The van der Waals surface area contributed by atoms with Gasteiger partial charge in [-0.15, -0.1) is 6.42 Å². The summed E-state index contributed by atoms with van der Waals surface area (Å²) in [5, 5.41) is 18.2. The van der Waals surface area contributed by atoms with E-state index in [0.29, 0.717) is 35.7 Å². The van der Waals surface area contributed by atoms with E-state index in [-0.39, 0.29) is 17.7 Å². The minimum Gasteiger partial charge on any atom is -0.493 e. The standard InChI is InChI=1S/C31H33FN2O3.C4H10O/c1-5-27-29(23-8-12-25(13-9-23)37-19-14-22-6-10-24(32)11-7-22)30(26(20-28(35)36)21(2)33-27)34-17-15-31(3,4)16-18-34;1-4(2,3)5/h1,6-13H,14-20H2,2-4H3,(H,35,36);5H,1-3H3. The lowest BCUT2D eigenvalue weighted by molar-refractivity contribution is -0.136. The molecule has 0 unspecified atom stereocenters. The summed E-state index contributed by atoms with van der Waals surface area (Å²) in [5.74, 6) is 2.30. The number of aliphatic hydroxyl groups is 1. The van der Waals surface area contributed by atoms with Crippen molar-refractivity contribution in [1.82, 2.24) is 4.98 Å². The molecule has 0 atom stereocenters. The average molecular weight is 575 g/mol. The summed E-state index contributed by atoms with van der Waals surface area (Å²) in [5.41, 5.74) is 5.16. The molecule has 0 spiro atoms. The van der Waals surface area contributed by atoms with Gasteiger partial charge in [-0.05, 0) is 87.3 Å². The summed E-state index contributed by atoms with van der Waals surface area (Å²) in [7, 11) is 0. The first-order valence-corrected chi connectivity index (χ1v) is 14.3. The molecule has 1 aliphatic rings. The van der Waals surface area contributed by atoms with E-state index in [0.717, 1.165) is 48.3 Å². The van der Waals surface area contributed by atoms with Crippen molar-refractivity contribution in [3.8, 4) is 29.2 Å². The molecule has 42 heavy (non-hydrogen) atoms. The highest BCUT2D eigenvalue weighted by Crippen LogP contribution is 2.41. The van der Waals surface area contributed by atoms with Crippen molar-refractivity contribution < 1.29 is 24.1 Å². The van der Waals surface area contributed by atoms with Crippen LogP contribution in [0.15, 0.2) is 48.5 Å². The second-order valence-electron chi connectivity index (χ2n) is 12.5. The fourth-order valence-electron chi connectivity index (χ4n) is 4.81. The third-order valence-electron chi connectivity index (χ3n) is 7.09. The van der Waals surface area contributed by atoms with Crippen LogP contribution in [-0.2, 0) is 17.6 Å². The first kappa shape index (κ1) is 32.6. The van der Waals surface area contributed by atoms with Gasteiger partial charge in [0.05, 0.1) is 24.3 Å². The zero-order valence-corrected chi connectivity index (χ0v) is 25.6. The molecule has 2 aromatic carbocycles. The molecule has 6 nitrogen and oxygen atoms in total. The lowest BCUT2D eigenvalue weighted by atomic mass is 9.82. The number of carbonyl (C=O) groups is 1. The smallest absolute Gasteiger partial charge is 0.307 e. The van der Waals surface area contributed by atoms with Gasteiger partial charge in [0, 0.05) is 36.3 Å². The Balaban J connectivity index is 0.000000892. The molecule has 3 aromatic rings. The zero-order chi connectivity index (χ0) is 31.1. The SMILES string of the molecule is C#Cc1nc(C)c(CC(=O)O)c(N2CCC(C)(C)CC2)c1-c1ccc(OCCc2ccc(F)cc2)cc1.CC(C)(C)O. The molecule has 0 radical (unpaired) electrons. The quantitative estimate of drug-likeness (QED) is 0.287. The van der Waals surface area contributed by atoms with Crippen molar-refractivity contribution in [3.05, 3.63) is 76.9 Å². The molecular formula is C35H43FN2O4. The Morgan fingerprint density at radius 3 is 2.19 bits per heavy atom. The molecule has 1 fully saturated rings. The van der Waals surface area contributed by atoms with Gasteiger partial charge in [-0.3, -0.25) is 4.79 Å². The van der Waals surface area contributed by atoms with Gasteiger partial charge in [0.1, 0.15) is 17.3 Å². The highest BCUT2D eigenvalue weighted by molar-refractivity contribution is 5.88. The van der Waals surface area contributed by atoms with Gasteiger partial charge in [0.2, 0.25) is 0 Å². The number of piperidine rings is 1. The van der Waals surface area contributed by atoms with Gasteiger partial charge in [0.25, 0.3) is 0 Å². The van der Waals surface area contributed by atoms with Crippen LogP contribution in [0.1, 0.15) is 70.0 Å². The Bertz CT molecular complexity index is 1390. The lowest BCUT2D eigenvalue weighted by Crippen LogP contribution is -2.38. The van der Waals surface area contributed by atoms with Crippen LogP contribution in [0.25, 0.3) is 11.1 Å². The number of rotatable bonds is 8. The van der Waals surface area contributed by atoms with Crippen LogP contribution in [0, 0.1) is 30.5 Å². The molecule has 2 N–H and O–H groups in total. The van der Waals surface area contributed by atoms with Crippen molar-refractivity contribution >= 4 is 11.7 Å². The number of hydrogen-bond donors (Lipinski definition) is 2. The van der Waals surface area contributed by atoms with Crippen LogP contribution in [0.5, 0.6) is 5.75 Å². The lowest BCUT2D eigenvalue weighted by Gasteiger charge is -2.40. The average Bonchev–Trinajstić information content (AvgIpc) is 2.90. The number of carboxylic acids is 1. The van der Waals surface area contributed by atoms with Crippen LogP contribution in [0.3, 0.4) is 0 Å². The number of anilines is 1. The van der Waals surface area contributed by atoms with Gasteiger partial charge < -0.3 is 19.8 Å². The number of nitrogens with zero attached hydrogens (tertiary/aromatic N) is 2. The molecule has 7 heteroatoms. The van der Waals surface area contributed by atoms with Crippen molar-refractivity contribution in [2.75, 3.05) is 24.6 Å². The summed E-state index contributed by atoms with van der Waals surface area (Å²) in [6.07, 6.45) is 8.48. The second-order valence-corrected chi connectivity index (χ2v) is 12.5. The number of terminal acetylenes is 1. The van der Waals surface area contributed by atoms with E-state index in [1.165, 1.54) is 12.1 Å². The molecule has 2 heterocycles. The van der Waals surface area contributed by atoms with E-state index in [1.807, 2.05) is 31.2 Å². The maximum Gasteiger partial charge on any atom is 0.307 e. The van der Waals surface area contributed by atoms with Gasteiger partial charge in [-0.2, -0.15) is 0 Å². The summed E-state index contributed by atoms with van der Waals surface area (Å²) >= 11 is 0. The first-order chi connectivity index (χ1) is 19.7. The number of aliphatic carboxylic acids is 1. The largest absolute Gasteiger partial charge is 0.493 e. The first-order valence-electron chi connectivity index (χ1n) is 14.3. The molecule has 1 saturated heterocycles. The van der Waals surface area contributed by atoms with Gasteiger partial charge >= 0.3 is 5.97 Å². The minimum atomic E-state index is -0.896. The fourth-order valence-corrected chi connectivity index (χ4v) is 4.81. The molecule has 0 aliphatic carbocycles.